The zero-order chi connectivity index (χ0) is 22.7. The number of hydrogen-bond donors (Lipinski definition) is 1. The molecule has 0 saturated carbocycles. The number of halogens is 4. The Labute approximate surface area is 178 Å². The van der Waals surface area contributed by atoms with Gasteiger partial charge in [0.1, 0.15) is 11.3 Å². The summed E-state index contributed by atoms with van der Waals surface area (Å²) < 4.78 is 46.1. The topological polar surface area (TPSA) is 73.6 Å². The van der Waals surface area contributed by atoms with Gasteiger partial charge in [-0.3, -0.25) is 0 Å². The highest BCUT2D eigenvalue weighted by Crippen LogP contribution is 2.26. The van der Waals surface area contributed by atoms with Gasteiger partial charge in [0.15, 0.2) is 5.58 Å². The molecule has 2 N–H and O–H groups in total. The molecule has 0 aliphatic heterocycles. The van der Waals surface area contributed by atoms with Crippen LogP contribution in [0.25, 0.3) is 22.6 Å². The minimum atomic E-state index is -2.79. The van der Waals surface area contributed by atoms with Gasteiger partial charge in [-0.1, -0.05) is 32.4 Å². The molecule has 0 bridgehead atoms. The molecule has 5 nitrogen and oxygen atoms in total. The molecular formula is C21H25ClF3N3O2. The second kappa shape index (κ2) is 12.7. The van der Waals surface area contributed by atoms with Crippen LogP contribution in [0, 0.1) is 5.82 Å². The van der Waals surface area contributed by atoms with Crippen molar-refractivity contribution in [2.45, 2.75) is 46.8 Å². The third-order valence-electron chi connectivity index (χ3n) is 3.56. The van der Waals surface area contributed by atoms with E-state index in [0.29, 0.717) is 22.9 Å². The number of ether oxygens (including phenoxy) is 1. The van der Waals surface area contributed by atoms with Crippen molar-refractivity contribution in [3.05, 3.63) is 53.3 Å². The van der Waals surface area contributed by atoms with E-state index in [1.807, 2.05) is 20.8 Å². The Bertz CT molecular complexity index is 931. The molecule has 1 unspecified atom stereocenters. The van der Waals surface area contributed by atoms with Gasteiger partial charge in [0.25, 0.3) is 6.02 Å². The van der Waals surface area contributed by atoms with Crippen LogP contribution in [-0.4, -0.2) is 23.7 Å². The standard InChI is InChI=1S/C13H7ClFNO.C6H12F2N2O.C2H6/c14-9-3-6-11-12(7-9)17-13(16-11)8-1-4-10(15)5-2-8;1-3-4(2)11-6(9)10-5(7)8;1-2/h1-7H;4-5H,3H2,1-2H3,(H2,9,10);1-2H3. The van der Waals surface area contributed by atoms with E-state index >= 15 is 0 Å². The van der Waals surface area contributed by atoms with E-state index in [2.05, 4.69) is 9.98 Å². The molecule has 0 radical (unpaired) electrons. The van der Waals surface area contributed by atoms with Crippen molar-refractivity contribution < 1.29 is 22.3 Å². The van der Waals surface area contributed by atoms with Crippen LogP contribution in [0.15, 0.2) is 51.9 Å². The molecular weight excluding hydrogens is 419 g/mol. The Morgan fingerprint density at radius 3 is 2.40 bits per heavy atom. The summed E-state index contributed by atoms with van der Waals surface area (Å²) in [5.41, 5.74) is 7.09. The first-order chi connectivity index (χ1) is 14.3. The molecule has 0 fully saturated rings. The maximum Gasteiger partial charge on any atom is 0.336 e. The number of aromatic nitrogens is 1. The van der Waals surface area contributed by atoms with E-state index in [0.717, 1.165) is 11.1 Å². The highest BCUT2D eigenvalue weighted by molar-refractivity contribution is 6.31. The van der Waals surface area contributed by atoms with Gasteiger partial charge in [0.05, 0.1) is 6.10 Å². The Balaban J connectivity index is 0.000000304. The maximum atomic E-state index is 12.8. The fourth-order valence-electron chi connectivity index (χ4n) is 2.03. The van der Waals surface area contributed by atoms with Gasteiger partial charge >= 0.3 is 6.55 Å². The van der Waals surface area contributed by atoms with Crippen LogP contribution in [0.3, 0.4) is 0 Å². The zero-order valence-electron chi connectivity index (χ0n) is 17.2. The molecule has 9 heteroatoms. The van der Waals surface area contributed by atoms with Gasteiger partial charge < -0.3 is 14.9 Å². The van der Waals surface area contributed by atoms with Gasteiger partial charge in [0, 0.05) is 16.7 Å². The molecule has 0 amide bonds. The van der Waals surface area contributed by atoms with Crippen molar-refractivity contribution in [1.29, 1.82) is 0 Å². The van der Waals surface area contributed by atoms with Crippen molar-refractivity contribution in [3.8, 4) is 11.5 Å². The molecule has 30 heavy (non-hydrogen) atoms. The lowest BCUT2D eigenvalue weighted by molar-refractivity contribution is 0.144. The fraction of sp³-hybridized carbons (Fsp3) is 0.333. The molecule has 2 aromatic carbocycles. The van der Waals surface area contributed by atoms with E-state index < -0.39 is 12.6 Å². The highest BCUT2D eigenvalue weighted by Gasteiger charge is 2.08. The predicted molar refractivity (Wildman–Crippen MR) is 114 cm³/mol. The lowest BCUT2D eigenvalue weighted by Crippen LogP contribution is -2.22. The number of fused-ring (bicyclic) bond motifs is 1. The van der Waals surface area contributed by atoms with Crippen LogP contribution in [0.1, 0.15) is 34.1 Å². The van der Waals surface area contributed by atoms with Gasteiger partial charge in [-0.05, 0) is 49.7 Å². The molecule has 0 aliphatic rings. The number of aliphatic imine (C=N–C) groups is 1. The number of amidine groups is 1. The molecule has 0 saturated heterocycles. The Morgan fingerprint density at radius 1 is 1.20 bits per heavy atom. The van der Waals surface area contributed by atoms with Gasteiger partial charge in [-0.2, -0.15) is 13.8 Å². The summed E-state index contributed by atoms with van der Waals surface area (Å²) >= 11 is 5.86. The van der Waals surface area contributed by atoms with Crippen molar-refractivity contribution >= 4 is 28.7 Å². The molecule has 0 aliphatic carbocycles. The summed E-state index contributed by atoms with van der Waals surface area (Å²) in [6.45, 7) is 4.80. The van der Waals surface area contributed by atoms with Crippen LogP contribution in [0.5, 0.6) is 0 Å². The third kappa shape index (κ3) is 8.32. The molecule has 1 atom stereocenters. The molecule has 3 aromatic rings. The molecule has 1 heterocycles. The Morgan fingerprint density at radius 2 is 1.83 bits per heavy atom. The maximum absolute atomic E-state index is 12.8. The van der Waals surface area contributed by atoms with E-state index in [-0.39, 0.29) is 11.9 Å². The van der Waals surface area contributed by atoms with Crippen LogP contribution in [0.2, 0.25) is 5.02 Å². The highest BCUT2D eigenvalue weighted by atomic mass is 35.5. The largest absolute Gasteiger partial charge is 0.462 e. The zero-order valence-corrected chi connectivity index (χ0v) is 18.0. The number of benzene rings is 2. The second-order valence-electron chi connectivity index (χ2n) is 5.72. The number of rotatable bonds is 4. The van der Waals surface area contributed by atoms with Crippen molar-refractivity contribution in [2.24, 2.45) is 10.7 Å². The summed E-state index contributed by atoms with van der Waals surface area (Å²) in [6, 6.07) is 10.8. The Hall–Kier alpha value is -2.74. The van der Waals surface area contributed by atoms with E-state index in [9.17, 15) is 13.2 Å². The van der Waals surface area contributed by atoms with E-state index in [4.69, 9.17) is 26.5 Å². The average molecular weight is 444 g/mol. The predicted octanol–water partition coefficient (Wildman–Crippen LogP) is 6.65. The molecule has 3 rings (SSSR count). The van der Waals surface area contributed by atoms with Gasteiger partial charge in [-0.25, -0.2) is 9.37 Å². The summed E-state index contributed by atoms with van der Waals surface area (Å²) in [7, 11) is 0. The minimum absolute atomic E-state index is 0.169. The molecule has 164 valence electrons. The lowest BCUT2D eigenvalue weighted by atomic mass is 10.2. The molecule has 0 spiro atoms. The first-order valence-corrected chi connectivity index (χ1v) is 9.76. The van der Waals surface area contributed by atoms with Crippen LogP contribution >= 0.6 is 11.6 Å². The fourth-order valence-corrected chi connectivity index (χ4v) is 2.19. The Kier molecular flexibility index (Phi) is 10.7. The smallest absolute Gasteiger partial charge is 0.336 e. The quantitative estimate of drug-likeness (QED) is 0.278. The normalized spacial score (nSPS) is 12.0. The molecule has 1 aromatic heterocycles. The minimum Gasteiger partial charge on any atom is -0.462 e. The SMILES string of the molecule is CC.CCC(C)O/C(N)=N\C(F)F.Fc1ccc(-c2nc3ccc(Cl)cc3o2)cc1. The van der Waals surface area contributed by atoms with Crippen molar-refractivity contribution in [2.75, 3.05) is 0 Å². The van der Waals surface area contributed by atoms with Crippen LogP contribution < -0.4 is 5.73 Å². The van der Waals surface area contributed by atoms with Gasteiger partial charge in [-0.15, -0.1) is 0 Å². The summed E-state index contributed by atoms with van der Waals surface area (Å²) in [6.07, 6.45) is 0.539. The number of nitrogens with zero attached hydrogens (tertiary/aromatic N) is 2. The number of alkyl halides is 2. The van der Waals surface area contributed by atoms with Gasteiger partial charge in [0.2, 0.25) is 5.89 Å². The number of oxazole rings is 1. The van der Waals surface area contributed by atoms with Crippen LogP contribution in [-0.2, 0) is 4.74 Å². The first kappa shape index (κ1) is 25.3. The second-order valence-corrected chi connectivity index (χ2v) is 6.16. The van der Waals surface area contributed by atoms with Crippen molar-refractivity contribution in [1.82, 2.24) is 4.98 Å². The monoisotopic (exact) mass is 443 g/mol. The summed E-state index contributed by atoms with van der Waals surface area (Å²) in [5.74, 6) is 0.176. The third-order valence-corrected chi connectivity index (χ3v) is 3.80. The summed E-state index contributed by atoms with van der Waals surface area (Å²) in [4.78, 5) is 7.01. The average Bonchev–Trinajstić information content (AvgIpc) is 3.13. The summed E-state index contributed by atoms with van der Waals surface area (Å²) in [5, 5.41) is 0.597. The number of nitrogens with two attached hydrogens (primary N) is 1. The first-order valence-electron chi connectivity index (χ1n) is 9.38. The van der Waals surface area contributed by atoms with Crippen LogP contribution in [0.4, 0.5) is 13.2 Å². The van der Waals surface area contributed by atoms with E-state index in [1.54, 1.807) is 37.3 Å². The van der Waals surface area contributed by atoms with E-state index in [1.165, 1.54) is 12.1 Å². The lowest BCUT2D eigenvalue weighted by Gasteiger charge is -2.10. The number of hydrogen-bond acceptors (Lipinski definition) is 4. The van der Waals surface area contributed by atoms with Crippen molar-refractivity contribution in [3.63, 3.8) is 0 Å².